The molecule has 2 fully saturated rings. The van der Waals surface area contributed by atoms with E-state index in [-0.39, 0.29) is 11.9 Å². The average molecular weight is 326 g/mol. The molecule has 1 aromatic heterocycles. The predicted octanol–water partition coefficient (Wildman–Crippen LogP) is 3.03. The highest BCUT2D eigenvalue weighted by Crippen LogP contribution is 2.38. The number of aryl methyl sites for hydroxylation is 1. The maximum atomic E-state index is 12.3. The smallest absolute Gasteiger partial charge is 0.315 e. The Balaban J connectivity index is 1.38. The number of hydrogen-bond donors (Lipinski definition) is 1. The summed E-state index contributed by atoms with van der Waals surface area (Å²) in [7, 11) is 0. The van der Waals surface area contributed by atoms with Crippen LogP contribution in [0.3, 0.4) is 0 Å². The molecule has 1 atom stereocenters. The molecule has 1 N–H and O–H groups in total. The number of nitrogens with one attached hydrogen (secondary N) is 1. The molecular formula is C18H22N4O2. The summed E-state index contributed by atoms with van der Waals surface area (Å²) >= 11 is 0. The van der Waals surface area contributed by atoms with Crippen molar-refractivity contribution < 1.29 is 9.32 Å². The molecule has 4 rings (SSSR count). The van der Waals surface area contributed by atoms with Crippen molar-refractivity contribution in [3.8, 4) is 0 Å². The van der Waals surface area contributed by atoms with Crippen molar-refractivity contribution in [2.45, 2.75) is 44.6 Å². The third-order valence-electron chi connectivity index (χ3n) is 4.77. The van der Waals surface area contributed by atoms with Crippen LogP contribution in [0.4, 0.5) is 6.01 Å². The predicted molar refractivity (Wildman–Crippen MR) is 89.6 cm³/mol. The van der Waals surface area contributed by atoms with Crippen molar-refractivity contribution >= 4 is 11.9 Å². The zero-order chi connectivity index (χ0) is 16.5. The Kier molecular flexibility index (Phi) is 4.06. The number of carbonyl (C=O) groups excluding carboxylic acids is 1. The minimum absolute atomic E-state index is 0.0967. The minimum Gasteiger partial charge on any atom is -0.315 e. The third-order valence-corrected chi connectivity index (χ3v) is 4.77. The Bertz CT molecular complexity index is 738. The normalized spacial score (nSPS) is 21.1. The summed E-state index contributed by atoms with van der Waals surface area (Å²) in [6.45, 7) is 3.38. The molecule has 1 saturated carbocycles. The summed E-state index contributed by atoms with van der Waals surface area (Å²) in [5, 5.41) is 6.66. The summed E-state index contributed by atoms with van der Waals surface area (Å²) < 4.78 is 5.12. The average Bonchev–Trinajstić information content (AvgIpc) is 3.13. The van der Waals surface area contributed by atoms with Crippen LogP contribution < -0.4 is 5.32 Å². The number of carbonyl (C=O) groups is 1. The van der Waals surface area contributed by atoms with Gasteiger partial charge in [-0.05, 0) is 44.7 Å². The van der Waals surface area contributed by atoms with Crippen LogP contribution in [0.2, 0.25) is 0 Å². The van der Waals surface area contributed by atoms with E-state index in [2.05, 4.69) is 51.5 Å². The molecule has 2 aromatic rings. The van der Waals surface area contributed by atoms with Crippen LogP contribution in [0.25, 0.3) is 0 Å². The lowest BCUT2D eigenvalue weighted by molar-refractivity contribution is -0.117. The molecule has 0 radical (unpaired) electrons. The monoisotopic (exact) mass is 326 g/mol. The summed E-state index contributed by atoms with van der Waals surface area (Å²) in [6, 6.07) is 9.06. The van der Waals surface area contributed by atoms with Crippen molar-refractivity contribution in [3.05, 3.63) is 41.2 Å². The Labute approximate surface area is 141 Å². The maximum absolute atomic E-state index is 12.3. The molecule has 24 heavy (non-hydrogen) atoms. The van der Waals surface area contributed by atoms with Gasteiger partial charge in [0.15, 0.2) is 5.82 Å². The molecular weight excluding hydrogens is 304 g/mol. The molecule has 1 saturated heterocycles. The number of aromatic nitrogens is 2. The lowest BCUT2D eigenvalue weighted by Gasteiger charge is -2.24. The van der Waals surface area contributed by atoms with E-state index >= 15 is 0 Å². The molecule has 2 aliphatic rings. The van der Waals surface area contributed by atoms with E-state index in [4.69, 9.17) is 4.52 Å². The minimum atomic E-state index is -0.0967. The molecule has 0 spiro atoms. The van der Waals surface area contributed by atoms with Gasteiger partial charge in [-0.25, -0.2) is 0 Å². The first kappa shape index (κ1) is 15.3. The van der Waals surface area contributed by atoms with E-state index < -0.39 is 0 Å². The van der Waals surface area contributed by atoms with Gasteiger partial charge in [0.1, 0.15) is 0 Å². The first-order valence-electron chi connectivity index (χ1n) is 8.63. The number of amides is 1. The molecule has 1 aromatic carbocycles. The SMILES string of the molecule is Cc1cccc([C@@H]2CCCN2CC(=O)Nc2nc(C3CC3)no2)c1. The van der Waals surface area contributed by atoms with Gasteiger partial charge in [0.2, 0.25) is 5.91 Å². The number of nitrogens with zero attached hydrogens (tertiary/aromatic N) is 3. The van der Waals surface area contributed by atoms with Gasteiger partial charge in [-0.3, -0.25) is 15.0 Å². The van der Waals surface area contributed by atoms with Crippen molar-refractivity contribution in [1.29, 1.82) is 0 Å². The zero-order valence-electron chi connectivity index (χ0n) is 13.9. The van der Waals surface area contributed by atoms with E-state index in [1.807, 2.05) is 0 Å². The zero-order valence-corrected chi connectivity index (χ0v) is 13.9. The number of hydrogen-bond acceptors (Lipinski definition) is 5. The lowest BCUT2D eigenvalue weighted by atomic mass is 10.0. The summed E-state index contributed by atoms with van der Waals surface area (Å²) in [4.78, 5) is 18.8. The van der Waals surface area contributed by atoms with Crippen LogP contribution in [0, 0.1) is 6.92 Å². The van der Waals surface area contributed by atoms with Crippen LogP contribution >= 0.6 is 0 Å². The molecule has 6 nitrogen and oxygen atoms in total. The van der Waals surface area contributed by atoms with E-state index in [0.717, 1.165) is 32.2 Å². The lowest BCUT2D eigenvalue weighted by Crippen LogP contribution is -2.33. The fourth-order valence-electron chi connectivity index (χ4n) is 3.41. The third kappa shape index (κ3) is 3.33. The van der Waals surface area contributed by atoms with Gasteiger partial charge in [0, 0.05) is 12.0 Å². The highest BCUT2D eigenvalue weighted by molar-refractivity contribution is 5.90. The fraction of sp³-hybridized carbons (Fsp3) is 0.500. The number of likely N-dealkylation sites (tertiary alicyclic amines) is 1. The molecule has 0 bridgehead atoms. The second-order valence-electron chi connectivity index (χ2n) is 6.82. The molecule has 1 amide bonds. The van der Waals surface area contributed by atoms with Gasteiger partial charge in [0.25, 0.3) is 0 Å². The molecule has 1 aliphatic heterocycles. The van der Waals surface area contributed by atoms with Crippen molar-refractivity contribution in [1.82, 2.24) is 15.0 Å². The van der Waals surface area contributed by atoms with E-state index in [9.17, 15) is 4.79 Å². The van der Waals surface area contributed by atoms with Crippen molar-refractivity contribution in [3.63, 3.8) is 0 Å². The summed E-state index contributed by atoms with van der Waals surface area (Å²) in [5.74, 6) is 1.04. The molecule has 1 aliphatic carbocycles. The van der Waals surface area contributed by atoms with E-state index in [1.165, 1.54) is 11.1 Å². The quantitative estimate of drug-likeness (QED) is 0.914. The van der Waals surface area contributed by atoms with Crippen molar-refractivity contribution in [2.24, 2.45) is 0 Å². The number of rotatable bonds is 5. The van der Waals surface area contributed by atoms with Gasteiger partial charge >= 0.3 is 6.01 Å². The van der Waals surface area contributed by atoms with Crippen LogP contribution in [-0.2, 0) is 4.79 Å². The molecule has 126 valence electrons. The summed E-state index contributed by atoms with van der Waals surface area (Å²) in [5.41, 5.74) is 2.54. The summed E-state index contributed by atoms with van der Waals surface area (Å²) in [6.07, 6.45) is 4.42. The second-order valence-corrected chi connectivity index (χ2v) is 6.82. The van der Waals surface area contributed by atoms with Crippen LogP contribution in [0.5, 0.6) is 0 Å². The largest absolute Gasteiger partial charge is 0.328 e. The Morgan fingerprint density at radius 3 is 3.04 bits per heavy atom. The van der Waals surface area contributed by atoms with E-state index in [1.54, 1.807) is 0 Å². The highest BCUT2D eigenvalue weighted by atomic mass is 16.5. The van der Waals surface area contributed by atoms with E-state index in [0.29, 0.717) is 24.3 Å². The van der Waals surface area contributed by atoms with Gasteiger partial charge in [-0.15, -0.1) is 0 Å². The maximum Gasteiger partial charge on any atom is 0.328 e. The van der Waals surface area contributed by atoms with Gasteiger partial charge in [-0.1, -0.05) is 35.0 Å². The van der Waals surface area contributed by atoms with Gasteiger partial charge in [0.05, 0.1) is 6.54 Å². The Hall–Kier alpha value is -2.21. The van der Waals surface area contributed by atoms with Gasteiger partial charge < -0.3 is 4.52 Å². The molecule has 2 heterocycles. The first-order chi connectivity index (χ1) is 11.7. The molecule has 6 heteroatoms. The number of anilines is 1. The standard InChI is InChI=1S/C18H22N4O2/c1-12-4-2-5-14(10-12)15-6-3-9-22(15)11-16(23)19-18-20-17(21-24-18)13-7-8-13/h2,4-5,10,13,15H,3,6-9,11H2,1H3,(H,19,20,21,23)/t15-/m0/s1. The fourth-order valence-corrected chi connectivity index (χ4v) is 3.41. The van der Waals surface area contributed by atoms with Gasteiger partial charge in [-0.2, -0.15) is 4.98 Å². The first-order valence-corrected chi connectivity index (χ1v) is 8.63. The molecule has 0 unspecified atom stereocenters. The Morgan fingerprint density at radius 2 is 2.25 bits per heavy atom. The topological polar surface area (TPSA) is 71.3 Å². The number of benzene rings is 1. The van der Waals surface area contributed by atoms with Crippen LogP contribution in [-0.4, -0.2) is 34.0 Å². The second kappa shape index (κ2) is 6.36. The van der Waals surface area contributed by atoms with Crippen molar-refractivity contribution in [2.75, 3.05) is 18.4 Å². The Morgan fingerprint density at radius 1 is 1.38 bits per heavy atom. The van der Waals surface area contributed by atoms with Crippen LogP contribution in [0.1, 0.15) is 54.6 Å². The van der Waals surface area contributed by atoms with Crippen LogP contribution in [0.15, 0.2) is 28.8 Å². The highest BCUT2D eigenvalue weighted by Gasteiger charge is 2.30.